The number of carbonyl (C=O) groups is 2. The van der Waals surface area contributed by atoms with Gasteiger partial charge in [-0.15, -0.1) is 0 Å². The second-order valence-corrected chi connectivity index (χ2v) is 6.66. The van der Waals surface area contributed by atoms with E-state index in [1.54, 1.807) is 19.1 Å². The van der Waals surface area contributed by atoms with Crippen LogP contribution in [0, 0.1) is 17.8 Å². The minimum Gasteiger partial charge on any atom is -0.497 e. The van der Waals surface area contributed by atoms with E-state index in [0.717, 1.165) is 23.5 Å². The van der Waals surface area contributed by atoms with Crippen LogP contribution < -0.4 is 9.47 Å². The van der Waals surface area contributed by atoms with E-state index < -0.39 is 11.9 Å². The molecule has 6 heteroatoms. The van der Waals surface area contributed by atoms with Crippen molar-refractivity contribution in [2.24, 2.45) is 17.8 Å². The molecule has 0 radical (unpaired) electrons. The lowest BCUT2D eigenvalue weighted by atomic mass is 9.72. The van der Waals surface area contributed by atoms with Crippen LogP contribution in [0.15, 0.2) is 18.2 Å². The first-order valence-electron chi connectivity index (χ1n) is 8.25. The number of hydrogen-bond donors (Lipinski definition) is 1. The molecular formula is C18H23NO5. The van der Waals surface area contributed by atoms with Crippen LogP contribution in [-0.2, 0) is 16.0 Å². The van der Waals surface area contributed by atoms with Crippen molar-refractivity contribution < 1.29 is 24.2 Å². The molecule has 1 aliphatic carbocycles. The Morgan fingerprint density at radius 3 is 2.12 bits per heavy atom. The fraction of sp³-hybridized carbons (Fsp3) is 0.556. The molecule has 1 aliphatic heterocycles. The van der Waals surface area contributed by atoms with Gasteiger partial charge in [0.2, 0.25) is 5.91 Å². The number of carboxylic acid groups (broad SMARTS) is 1. The van der Waals surface area contributed by atoms with Gasteiger partial charge in [-0.05, 0) is 42.9 Å². The second kappa shape index (κ2) is 6.71. The predicted molar refractivity (Wildman–Crippen MR) is 87.2 cm³/mol. The molecule has 2 unspecified atom stereocenters. The molecule has 1 amide bonds. The van der Waals surface area contributed by atoms with Gasteiger partial charge in [-0.3, -0.25) is 9.59 Å². The maximum Gasteiger partial charge on any atom is 0.307 e. The smallest absolute Gasteiger partial charge is 0.307 e. The Bertz CT molecular complexity index is 616. The van der Waals surface area contributed by atoms with Gasteiger partial charge in [-0.1, -0.05) is 0 Å². The minimum atomic E-state index is -0.847. The first-order chi connectivity index (χ1) is 11.5. The molecule has 0 spiro atoms. The number of rotatable bonds is 6. The van der Waals surface area contributed by atoms with Gasteiger partial charge < -0.3 is 19.5 Å². The number of amides is 1. The highest BCUT2D eigenvalue weighted by molar-refractivity contribution is 5.86. The van der Waals surface area contributed by atoms with Gasteiger partial charge in [0.25, 0.3) is 0 Å². The summed E-state index contributed by atoms with van der Waals surface area (Å²) in [6.07, 6.45) is 2.17. The first kappa shape index (κ1) is 16.6. The van der Waals surface area contributed by atoms with Crippen LogP contribution in [0.25, 0.3) is 0 Å². The SMILES string of the molecule is COc1cc(CC2CN(C(=O)C3CCC3C(=O)O)C2)cc(OC)c1. The number of carboxylic acids is 1. The van der Waals surface area contributed by atoms with Crippen LogP contribution in [0.2, 0.25) is 0 Å². The maximum absolute atomic E-state index is 12.3. The number of ether oxygens (including phenoxy) is 2. The molecule has 0 bridgehead atoms. The Balaban J connectivity index is 1.54. The molecular weight excluding hydrogens is 310 g/mol. The number of aliphatic carboxylic acids is 1. The average Bonchev–Trinajstić information content (AvgIpc) is 2.48. The quantitative estimate of drug-likeness (QED) is 0.859. The normalized spacial score (nSPS) is 23.2. The molecule has 1 heterocycles. The maximum atomic E-state index is 12.3. The van der Waals surface area contributed by atoms with Crippen LogP contribution in [0.5, 0.6) is 11.5 Å². The molecule has 1 aromatic carbocycles. The highest BCUT2D eigenvalue weighted by Gasteiger charge is 2.45. The third kappa shape index (κ3) is 3.18. The lowest BCUT2D eigenvalue weighted by Crippen LogP contribution is -2.55. The molecule has 3 rings (SSSR count). The van der Waals surface area contributed by atoms with Crippen LogP contribution in [-0.4, -0.2) is 49.2 Å². The summed E-state index contributed by atoms with van der Waals surface area (Å²) in [6.45, 7) is 1.39. The Morgan fingerprint density at radius 1 is 1.08 bits per heavy atom. The van der Waals surface area contributed by atoms with Crippen molar-refractivity contribution in [3.05, 3.63) is 23.8 Å². The van der Waals surface area contributed by atoms with Gasteiger partial charge in [-0.2, -0.15) is 0 Å². The Hall–Kier alpha value is -2.24. The fourth-order valence-corrected chi connectivity index (χ4v) is 3.52. The van der Waals surface area contributed by atoms with E-state index in [1.807, 2.05) is 18.2 Å². The zero-order valence-electron chi connectivity index (χ0n) is 14.0. The third-order valence-corrected chi connectivity index (χ3v) is 5.11. The summed E-state index contributed by atoms with van der Waals surface area (Å²) in [5.41, 5.74) is 1.12. The summed E-state index contributed by atoms with van der Waals surface area (Å²) < 4.78 is 10.6. The van der Waals surface area contributed by atoms with Crippen LogP contribution in [0.3, 0.4) is 0 Å². The number of likely N-dealkylation sites (tertiary alicyclic amines) is 1. The Morgan fingerprint density at radius 2 is 1.67 bits per heavy atom. The van der Waals surface area contributed by atoms with Gasteiger partial charge in [0.05, 0.1) is 26.1 Å². The summed E-state index contributed by atoms with van der Waals surface area (Å²) >= 11 is 0. The first-order valence-corrected chi connectivity index (χ1v) is 8.25. The predicted octanol–water partition coefficient (Wildman–Crippen LogP) is 1.82. The molecule has 1 saturated heterocycles. The number of carbonyl (C=O) groups excluding carboxylic acids is 1. The standard InChI is InChI=1S/C18H23NO5/c1-23-13-6-11(7-14(8-13)24-2)5-12-9-19(10-12)17(20)15-3-4-16(15)18(21)22/h6-8,12,15-16H,3-5,9-10H2,1-2H3,(H,21,22). The summed E-state index contributed by atoms with van der Waals surface area (Å²) in [4.78, 5) is 25.2. The topological polar surface area (TPSA) is 76.1 Å². The van der Waals surface area contributed by atoms with Crippen molar-refractivity contribution in [2.75, 3.05) is 27.3 Å². The average molecular weight is 333 g/mol. The van der Waals surface area contributed by atoms with Gasteiger partial charge in [0.15, 0.2) is 0 Å². The molecule has 2 fully saturated rings. The molecule has 1 aromatic rings. The van der Waals surface area contributed by atoms with Gasteiger partial charge in [0.1, 0.15) is 11.5 Å². The monoisotopic (exact) mass is 333 g/mol. The molecule has 1 N–H and O–H groups in total. The van der Waals surface area contributed by atoms with Crippen LogP contribution in [0.4, 0.5) is 0 Å². The molecule has 24 heavy (non-hydrogen) atoms. The van der Waals surface area contributed by atoms with Crippen molar-refractivity contribution in [3.8, 4) is 11.5 Å². The Labute approximate surface area is 141 Å². The number of methoxy groups -OCH3 is 2. The van der Waals surface area contributed by atoms with Gasteiger partial charge >= 0.3 is 5.97 Å². The number of benzene rings is 1. The fourth-order valence-electron chi connectivity index (χ4n) is 3.52. The van der Waals surface area contributed by atoms with Gasteiger partial charge in [0, 0.05) is 19.2 Å². The zero-order chi connectivity index (χ0) is 17.3. The lowest BCUT2D eigenvalue weighted by molar-refractivity contribution is -0.159. The van der Waals surface area contributed by atoms with Gasteiger partial charge in [-0.25, -0.2) is 0 Å². The number of hydrogen-bond acceptors (Lipinski definition) is 4. The summed E-state index contributed by atoms with van der Waals surface area (Å²) in [7, 11) is 3.25. The van der Waals surface area contributed by atoms with Crippen LogP contribution >= 0.6 is 0 Å². The van der Waals surface area contributed by atoms with Crippen LogP contribution in [0.1, 0.15) is 18.4 Å². The van der Waals surface area contributed by atoms with Crippen molar-refractivity contribution in [2.45, 2.75) is 19.3 Å². The highest BCUT2D eigenvalue weighted by Crippen LogP contribution is 2.37. The lowest BCUT2D eigenvalue weighted by Gasteiger charge is -2.44. The second-order valence-electron chi connectivity index (χ2n) is 6.66. The summed E-state index contributed by atoms with van der Waals surface area (Å²) in [5, 5.41) is 9.08. The zero-order valence-corrected chi connectivity index (χ0v) is 14.0. The Kier molecular flexibility index (Phi) is 4.64. The molecule has 1 saturated carbocycles. The molecule has 2 aliphatic rings. The van der Waals surface area contributed by atoms with E-state index >= 15 is 0 Å². The summed E-state index contributed by atoms with van der Waals surface area (Å²) in [5.74, 6) is 0.271. The van der Waals surface area contributed by atoms with E-state index in [-0.39, 0.29) is 11.8 Å². The largest absolute Gasteiger partial charge is 0.497 e. The number of nitrogens with zero attached hydrogens (tertiary/aromatic N) is 1. The molecule has 130 valence electrons. The van der Waals surface area contributed by atoms with Crippen molar-refractivity contribution in [1.82, 2.24) is 4.90 Å². The molecule has 2 atom stereocenters. The van der Waals surface area contributed by atoms with E-state index in [1.165, 1.54) is 0 Å². The van der Waals surface area contributed by atoms with E-state index in [2.05, 4.69) is 0 Å². The van der Waals surface area contributed by atoms with Crippen molar-refractivity contribution >= 4 is 11.9 Å². The van der Waals surface area contributed by atoms with E-state index in [9.17, 15) is 9.59 Å². The van der Waals surface area contributed by atoms with Crippen molar-refractivity contribution in [3.63, 3.8) is 0 Å². The molecule has 6 nitrogen and oxygen atoms in total. The van der Waals surface area contributed by atoms with Crippen molar-refractivity contribution in [1.29, 1.82) is 0 Å². The summed E-state index contributed by atoms with van der Waals surface area (Å²) in [6, 6.07) is 5.81. The van der Waals surface area contributed by atoms with E-state index in [0.29, 0.717) is 31.8 Å². The third-order valence-electron chi connectivity index (χ3n) is 5.11. The minimum absolute atomic E-state index is 0.00752. The molecule has 0 aromatic heterocycles. The van der Waals surface area contributed by atoms with E-state index in [4.69, 9.17) is 14.6 Å². The highest BCUT2D eigenvalue weighted by atomic mass is 16.5.